The van der Waals surface area contributed by atoms with Crippen LogP contribution in [0.1, 0.15) is 10.4 Å². The zero-order valence-electron chi connectivity index (χ0n) is 9.82. The summed E-state index contributed by atoms with van der Waals surface area (Å²) in [6, 6.07) is 7.33. The van der Waals surface area contributed by atoms with Gasteiger partial charge in [0.1, 0.15) is 9.92 Å². The van der Waals surface area contributed by atoms with Gasteiger partial charge in [-0.3, -0.25) is 10.1 Å². The van der Waals surface area contributed by atoms with Crippen LogP contribution in [0.5, 0.6) is 0 Å². The second-order valence-corrected chi connectivity index (χ2v) is 5.58. The summed E-state index contributed by atoms with van der Waals surface area (Å²) in [4.78, 5) is 25.7. The summed E-state index contributed by atoms with van der Waals surface area (Å²) >= 11 is 4.18. The second-order valence-electron chi connectivity index (χ2n) is 3.63. The van der Waals surface area contributed by atoms with Gasteiger partial charge in [-0.05, 0) is 34.1 Å². The molecule has 1 aromatic heterocycles. The molecule has 6 nitrogen and oxygen atoms in total. The molecule has 0 fully saturated rings. The lowest BCUT2D eigenvalue weighted by atomic mass is 10.2. The molecule has 20 heavy (non-hydrogen) atoms. The Morgan fingerprint density at radius 3 is 2.65 bits per heavy atom. The van der Waals surface area contributed by atoms with Gasteiger partial charge in [0, 0.05) is 16.7 Å². The minimum Gasteiger partial charge on any atom is -0.478 e. The van der Waals surface area contributed by atoms with Crippen LogP contribution in [0.2, 0.25) is 0 Å². The maximum Gasteiger partial charge on any atom is 0.337 e. The Morgan fingerprint density at radius 1 is 1.35 bits per heavy atom. The van der Waals surface area contributed by atoms with Gasteiger partial charge in [-0.15, -0.1) is 0 Å². The number of carbonyl (C=O) groups is 1. The maximum absolute atomic E-state index is 11.2. The Kier molecular flexibility index (Phi) is 4.35. The highest BCUT2D eigenvalue weighted by Gasteiger charge is 2.22. The Morgan fingerprint density at radius 2 is 2.10 bits per heavy atom. The van der Waals surface area contributed by atoms with Crippen molar-refractivity contribution in [1.29, 1.82) is 0 Å². The van der Waals surface area contributed by atoms with E-state index in [2.05, 4.69) is 20.9 Å². The van der Waals surface area contributed by atoms with Crippen molar-refractivity contribution < 1.29 is 14.8 Å². The predicted octanol–water partition coefficient (Wildman–Crippen LogP) is 3.60. The second kappa shape index (κ2) is 6.02. The summed E-state index contributed by atoms with van der Waals surface area (Å²) in [6.45, 7) is 0. The smallest absolute Gasteiger partial charge is 0.337 e. The highest BCUT2D eigenvalue weighted by molar-refractivity contribution is 9.10. The molecule has 0 amide bonds. The lowest BCUT2D eigenvalue weighted by Gasteiger charge is -2.06. The number of aromatic nitrogens is 1. The number of hydrogen-bond acceptors (Lipinski definition) is 5. The molecule has 8 heteroatoms. The molecule has 0 bridgehead atoms. The number of carboxylic acids is 1. The van der Waals surface area contributed by atoms with Crippen molar-refractivity contribution in [2.75, 3.05) is 0 Å². The predicted molar refractivity (Wildman–Crippen MR) is 76.1 cm³/mol. The highest BCUT2D eigenvalue weighted by Crippen LogP contribution is 2.36. The first-order chi connectivity index (χ1) is 9.49. The molecule has 0 saturated carbocycles. The molecule has 0 spiro atoms. The first-order valence-corrected chi connectivity index (χ1v) is 6.90. The lowest BCUT2D eigenvalue weighted by molar-refractivity contribution is -0.387. The van der Waals surface area contributed by atoms with E-state index in [-0.39, 0.29) is 16.1 Å². The third-order valence-corrected chi connectivity index (χ3v) is 3.88. The number of nitrogens with zero attached hydrogens (tertiary/aromatic N) is 2. The van der Waals surface area contributed by atoms with Crippen LogP contribution >= 0.6 is 27.7 Å². The number of nitro benzene ring substituents is 1. The van der Waals surface area contributed by atoms with Gasteiger partial charge in [-0.1, -0.05) is 17.8 Å². The van der Waals surface area contributed by atoms with Gasteiger partial charge in [-0.2, -0.15) is 0 Å². The number of aromatic carboxylic acids is 1. The molecule has 1 aromatic carbocycles. The van der Waals surface area contributed by atoms with Crippen LogP contribution in [0, 0.1) is 10.1 Å². The first kappa shape index (κ1) is 14.5. The van der Waals surface area contributed by atoms with E-state index in [1.165, 1.54) is 24.4 Å². The van der Waals surface area contributed by atoms with Gasteiger partial charge in [0.05, 0.1) is 10.5 Å². The van der Waals surface area contributed by atoms with Gasteiger partial charge in [0.25, 0.3) is 5.69 Å². The van der Waals surface area contributed by atoms with Crippen LogP contribution < -0.4 is 0 Å². The molecule has 0 unspecified atom stereocenters. The van der Waals surface area contributed by atoms with Crippen molar-refractivity contribution in [3.63, 3.8) is 0 Å². The third-order valence-electron chi connectivity index (χ3n) is 2.33. The van der Waals surface area contributed by atoms with Crippen LogP contribution in [0.3, 0.4) is 0 Å². The summed E-state index contributed by atoms with van der Waals surface area (Å²) in [7, 11) is 0. The molecule has 2 rings (SSSR count). The van der Waals surface area contributed by atoms with E-state index in [0.29, 0.717) is 5.03 Å². The van der Waals surface area contributed by atoms with Crippen molar-refractivity contribution in [3.05, 3.63) is 56.7 Å². The van der Waals surface area contributed by atoms with Crippen molar-refractivity contribution >= 4 is 39.3 Å². The molecule has 0 aliphatic carbocycles. The first-order valence-electron chi connectivity index (χ1n) is 5.29. The molecule has 1 N–H and O–H groups in total. The summed E-state index contributed by atoms with van der Waals surface area (Å²) in [5.74, 6) is -1.21. The minimum absolute atomic E-state index is 0.0693. The average Bonchev–Trinajstić information content (AvgIpc) is 2.41. The van der Waals surface area contributed by atoms with Crippen molar-refractivity contribution in [2.24, 2.45) is 0 Å². The van der Waals surface area contributed by atoms with E-state index < -0.39 is 10.9 Å². The number of hydrogen-bond donors (Lipinski definition) is 1. The molecule has 0 radical (unpaired) electrons. The number of benzene rings is 1. The lowest BCUT2D eigenvalue weighted by Crippen LogP contribution is -2.02. The summed E-state index contributed by atoms with van der Waals surface area (Å²) in [5.41, 5.74) is -0.367. The van der Waals surface area contributed by atoms with Crippen LogP contribution in [0.25, 0.3) is 0 Å². The van der Waals surface area contributed by atoms with Crippen molar-refractivity contribution in [2.45, 2.75) is 9.92 Å². The minimum atomic E-state index is -1.21. The number of nitro groups is 1. The quantitative estimate of drug-likeness (QED) is 0.665. The molecule has 102 valence electrons. The van der Waals surface area contributed by atoms with Crippen LogP contribution in [0.15, 0.2) is 50.9 Å². The zero-order chi connectivity index (χ0) is 14.7. The highest BCUT2D eigenvalue weighted by atomic mass is 79.9. The molecule has 2 aromatic rings. The van der Waals surface area contributed by atoms with Crippen LogP contribution in [0.4, 0.5) is 5.69 Å². The van der Waals surface area contributed by atoms with Crippen molar-refractivity contribution in [1.82, 2.24) is 4.98 Å². The fourth-order valence-corrected chi connectivity index (χ4v) is 2.67. The Bertz CT molecular complexity index is 643. The average molecular weight is 355 g/mol. The SMILES string of the molecule is O=C(O)c1cccc([N+](=O)[O-])c1Sc1ccc(Br)cn1. The van der Waals surface area contributed by atoms with Crippen molar-refractivity contribution in [3.8, 4) is 0 Å². The normalized spacial score (nSPS) is 10.2. The molecular formula is C12H7BrN2O4S. The summed E-state index contributed by atoms with van der Waals surface area (Å²) in [5, 5.41) is 20.6. The monoisotopic (exact) mass is 354 g/mol. The van der Waals surface area contributed by atoms with E-state index in [0.717, 1.165) is 16.2 Å². The number of carboxylic acid groups (broad SMARTS) is 1. The van der Waals surface area contributed by atoms with E-state index in [1.54, 1.807) is 12.1 Å². The zero-order valence-corrected chi connectivity index (χ0v) is 12.2. The van der Waals surface area contributed by atoms with Gasteiger partial charge < -0.3 is 5.11 Å². The molecule has 1 heterocycles. The molecular weight excluding hydrogens is 348 g/mol. The standard InChI is InChI=1S/C12H7BrN2O4S/c13-7-4-5-10(14-6-7)20-11-8(12(16)17)2-1-3-9(11)15(18)19/h1-6H,(H,16,17). The Hall–Kier alpha value is -1.93. The third kappa shape index (κ3) is 3.14. The fraction of sp³-hybridized carbons (Fsp3) is 0. The largest absolute Gasteiger partial charge is 0.478 e. The molecule has 0 atom stereocenters. The van der Waals surface area contributed by atoms with E-state index >= 15 is 0 Å². The molecule has 0 aliphatic rings. The Labute approximate surface area is 126 Å². The summed E-state index contributed by atoms with van der Waals surface area (Å²) < 4.78 is 0.767. The topological polar surface area (TPSA) is 93.3 Å². The maximum atomic E-state index is 11.2. The number of rotatable bonds is 4. The Balaban J connectivity index is 2.50. The van der Waals surface area contributed by atoms with Gasteiger partial charge in [0.15, 0.2) is 0 Å². The molecule has 0 aliphatic heterocycles. The fourth-order valence-electron chi connectivity index (χ4n) is 1.47. The van der Waals surface area contributed by atoms with E-state index in [4.69, 9.17) is 5.11 Å². The van der Waals surface area contributed by atoms with Gasteiger partial charge >= 0.3 is 5.97 Å². The van der Waals surface area contributed by atoms with E-state index in [1.807, 2.05) is 0 Å². The van der Waals surface area contributed by atoms with Crippen LogP contribution in [-0.2, 0) is 0 Å². The number of pyridine rings is 1. The number of halogens is 1. The van der Waals surface area contributed by atoms with Crippen LogP contribution in [-0.4, -0.2) is 21.0 Å². The van der Waals surface area contributed by atoms with Gasteiger partial charge in [0.2, 0.25) is 0 Å². The summed E-state index contributed by atoms with van der Waals surface area (Å²) in [6.07, 6.45) is 1.54. The molecule has 0 saturated heterocycles. The van der Waals surface area contributed by atoms with Gasteiger partial charge in [-0.25, -0.2) is 9.78 Å². The van der Waals surface area contributed by atoms with E-state index in [9.17, 15) is 14.9 Å².